The maximum absolute atomic E-state index is 12.1. The van der Waals surface area contributed by atoms with Gasteiger partial charge in [-0.25, -0.2) is 9.97 Å². The predicted molar refractivity (Wildman–Crippen MR) is 85.6 cm³/mol. The monoisotopic (exact) mass is 293 g/mol. The molecule has 1 aromatic heterocycles. The van der Waals surface area contributed by atoms with Crippen molar-refractivity contribution in [3.63, 3.8) is 0 Å². The molecule has 0 aliphatic rings. The van der Waals surface area contributed by atoms with E-state index in [1.807, 2.05) is 25.9 Å². The van der Waals surface area contributed by atoms with Gasteiger partial charge in [0.1, 0.15) is 5.69 Å². The SMILES string of the molecule is Cc1cc(C(=O)NCCN(C)C)nc(NCCC(C)C)n1. The fraction of sp³-hybridized carbons (Fsp3) is 0.667. The smallest absolute Gasteiger partial charge is 0.270 e. The number of aryl methyl sites for hydroxylation is 1. The van der Waals surface area contributed by atoms with E-state index < -0.39 is 0 Å². The molecular weight excluding hydrogens is 266 g/mol. The molecule has 0 radical (unpaired) electrons. The van der Waals surface area contributed by atoms with Crippen LogP contribution in [0, 0.1) is 12.8 Å². The molecule has 6 heteroatoms. The van der Waals surface area contributed by atoms with Crippen molar-refractivity contribution in [3.05, 3.63) is 17.5 Å². The van der Waals surface area contributed by atoms with Gasteiger partial charge in [-0.3, -0.25) is 4.79 Å². The standard InChI is InChI=1S/C15H27N5O/c1-11(2)6-7-17-15-18-12(3)10-13(19-15)14(21)16-8-9-20(4)5/h10-11H,6-9H2,1-5H3,(H,16,21)(H,17,18,19). The molecule has 0 atom stereocenters. The van der Waals surface area contributed by atoms with E-state index in [0.29, 0.717) is 24.1 Å². The highest BCUT2D eigenvalue weighted by molar-refractivity contribution is 5.92. The number of carbonyl (C=O) groups is 1. The Kier molecular flexibility index (Phi) is 7.08. The molecule has 1 amide bonds. The zero-order valence-corrected chi connectivity index (χ0v) is 13.7. The number of hydrogen-bond donors (Lipinski definition) is 2. The molecule has 0 aromatic carbocycles. The zero-order valence-electron chi connectivity index (χ0n) is 13.7. The zero-order chi connectivity index (χ0) is 15.8. The van der Waals surface area contributed by atoms with E-state index in [9.17, 15) is 4.79 Å². The van der Waals surface area contributed by atoms with Gasteiger partial charge in [-0.1, -0.05) is 13.8 Å². The summed E-state index contributed by atoms with van der Waals surface area (Å²) < 4.78 is 0. The maximum atomic E-state index is 12.1. The summed E-state index contributed by atoms with van der Waals surface area (Å²) in [5.41, 5.74) is 1.20. The molecule has 118 valence electrons. The summed E-state index contributed by atoms with van der Waals surface area (Å²) >= 11 is 0. The molecule has 2 N–H and O–H groups in total. The number of nitrogens with one attached hydrogen (secondary N) is 2. The minimum Gasteiger partial charge on any atom is -0.354 e. The molecule has 0 aliphatic carbocycles. The van der Waals surface area contributed by atoms with Crippen molar-refractivity contribution in [2.75, 3.05) is 39.0 Å². The van der Waals surface area contributed by atoms with Crippen LogP contribution in [0.4, 0.5) is 5.95 Å². The third-order valence-corrected chi connectivity index (χ3v) is 2.94. The molecule has 6 nitrogen and oxygen atoms in total. The fourth-order valence-corrected chi connectivity index (χ4v) is 1.72. The van der Waals surface area contributed by atoms with Gasteiger partial charge in [0.25, 0.3) is 5.91 Å². The summed E-state index contributed by atoms with van der Waals surface area (Å²) in [6.45, 7) is 8.42. The van der Waals surface area contributed by atoms with Gasteiger partial charge in [-0.05, 0) is 39.4 Å². The molecule has 0 saturated heterocycles. The molecule has 0 saturated carbocycles. The second-order valence-electron chi connectivity index (χ2n) is 5.89. The Morgan fingerprint density at radius 3 is 2.62 bits per heavy atom. The van der Waals surface area contributed by atoms with Crippen molar-refractivity contribution in [3.8, 4) is 0 Å². The van der Waals surface area contributed by atoms with E-state index >= 15 is 0 Å². The number of aromatic nitrogens is 2. The van der Waals surface area contributed by atoms with Crippen molar-refractivity contribution in [2.24, 2.45) is 5.92 Å². The van der Waals surface area contributed by atoms with Crippen LogP contribution in [0.2, 0.25) is 0 Å². The van der Waals surface area contributed by atoms with Crippen LogP contribution in [0.25, 0.3) is 0 Å². The molecule has 0 aliphatic heterocycles. The van der Waals surface area contributed by atoms with Crippen LogP contribution in [0.3, 0.4) is 0 Å². The normalized spacial score (nSPS) is 11.0. The molecule has 0 unspecified atom stereocenters. The number of rotatable bonds is 8. The van der Waals surface area contributed by atoms with Gasteiger partial charge >= 0.3 is 0 Å². The maximum Gasteiger partial charge on any atom is 0.270 e. The Hall–Kier alpha value is -1.69. The van der Waals surface area contributed by atoms with Gasteiger partial charge < -0.3 is 15.5 Å². The summed E-state index contributed by atoms with van der Waals surface area (Å²) in [6.07, 6.45) is 1.04. The molecule has 1 aromatic rings. The summed E-state index contributed by atoms with van der Waals surface area (Å²) in [7, 11) is 3.94. The van der Waals surface area contributed by atoms with E-state index in [4.69, 9.17) is 0 Å². The average Bonchev–Trinajstić information content (AvgIpc) is 2.37. The average molecular weight is 293 g/mol. The van der Waals surface area contributed by atoms with E-state index in [-0.39, 0.29) is 5.91 Å². The highest BCUT2D eigenvalue weighted by atomic mass is 16.1. The minimum atomic E-state index is -0.158. The van der Waals surface area contributed by atoms with Crippen LogP contribution < -0.4 is 10.6 Å². The lowest BCUT2D eigenvalue weighted by Crippen LogP contribution is -2.32. The molecule has 1 heterocycles. The third kappa shape index (κ3) is 7.04. The molecule has 0 fully saturated rings. The Labute approximate surface area is 127 Å². The Bertz CT molecular complexity index is 459. The first-order valence-electron chi connectivity index (χ1n) is 7.41. The van der Waals surface area contributed by atoms with E-state index in [1.165, 1.54) is 0 Å². The van der Waals surface area contributed by atoms with Crippen molar-refractivity contribution in [1.82, 2.24) is 20.2 Å². The van der Waals surface area contributed by atoms with Gasteiger partial charge in [-0.15, -0.1) is 0 Å². The number of hydrogen-bond acceptors (Lipinski definition) is 5. The van der Waals surface area contributed by atoms with E-state index in [0.717, 1.165) is 25.2 Å². The predicted octanol–water partition coefficient (Wildman–Crippen LogP) is 1.53. The molecule has 1 rings (SSSR count). The number of likely N-dealkylation sites (N-methyl/N-ethyl adjacent to an activating group) is 1. The summed E-state index contributed by atoms with van der Waals surface area (Å²) in [5, 5.41) is 6.04. The summed E-state index contributed by atoms with van der Waals surface area (Å²) in [4.78, 5) is 22.7. The van der Waals surface area contributed by atoms with Gasteiger partial charge in [-0.2, -0.15) is 0 Å². The molecule has 0 spiro atoms. The summed E-state index contributed by atoms with van der Waals surface area (Å²) in [5.74, 6) is 0.985. The van der Waals surface area contributed by atoms with Crippen LogP contribution in [0.15, 0.2) is 6.07 Å². The number of amides is 1. The van der Waals surface area contributed by atoms with Gasteiger partial charge in [0.05, 0.1) is 0 Å². The van der Waals surface area contributed by atoms with Crippen LogP contribution in [-0.2, 0) is 0 Å². The van der Waals surface area contributed by atoms with Gasteiger partial charge in [0.2, 0.25) is 5.95 Å². The fourth-order valence-electron chi connectivity index (χ4n) is 1.72. The Morgan fingerprint density at radius 2 is 2.00 bits per heavy atom. The number of carbonyl (C=O) groups excluding carboxylic acids is 1. The van der Waals surface area contributed by atoms with Crippen LogP contribution in [0.1, 0.15) is 36.5 Å². The van der Waals surface area contributed by atoms with Gasteiger partial charge in [0.15, 0.2) is 0 Å². The first-order valence-corrected chi connectivity index (χ1v) is 7.41. The second-order valence-corrected chi connectivity index (χ2v) is 5.89. The Balaban J connectivity index is 2.61. The van der Waals surface area contributed by atoms with Crippen LogP contribution in [0.5, 0.6) is 0 Å². The first-order chi connectivity index (χ1) is 9.88. The topological polar surface area (TPSA) is 70.2 Å². The van der Waals surface area contributed by atoms with E-state index in [1.54, 1.807) is 6.07 Å². The number of nitrogens with zero attached hydrogens (tertiary/aromatic N) is 3. The van der Waals surface area contributed by atoms with Crippen molar-refractivity contribution < 1.29 is 4.79 Å². The lowest BCUT2D eigenvalue weighted by molar-refractivity contribution is 0.0946. The Morgan fingerprint density at radius 1 is 1.29 bits per heavy atom. The van der Waals surface area contributed by atoms with Crippen molar-refractivity contribution in [1.29, 1.82) is 0 Å². The largest absolute Gasteiger partial charge is 0.354 e. The van der Waals surface area contributed by atoms with Crippen molar-refractivity contribution >= 4 is 11.9 Å². The van der Waals surface area contributed by atoms with Crippen molar-refractivity contribution in [2.45, 2.75) is 27.2 Å². The molecular formula is C15H27N5O. The van der Waals surface area contributed by atoms with Crippen LogP contribution in [-0.4, -0.2) is 54.5 Å². The number of anilines is 1. The molecule has 21 heavy (non-hydrogen) atoms. The minimum absolute atomic E-state index is 0.158. The van der Waals surface area contributed by atoms with Crippen LogP contribution >= 0.6 is 0 Å². The molecule has 0 bridgehead atoms. The highest BCUT2D eigenvalue weighted by Crippen LogP contribution is 2.06. The third-order valence-electron chi connectivity index (χ3n) is 2.94. The van der Waals surface area contributed by atoms with E-state index in [2.05, 4.69) is 34.4 Å². The lowest BCUT2D eigenvalue weighted by atomic mass is 10.1. The van der Waals surface area contributed by atoms with Gasteiger partial charge in [0, 0.05) is 25.3 Å². The summed E-state index contributed by atoms with van der Waals surface area (Å²) in [6, 6.07) is 1.71. The first kappa shape index (κ1) is 17.4. The second kappa shape index (κ2) is 8.56. The quantitative estimate of drug-likeness (QED) is 0.761. The lowest BCUT2D eigenvalue weighted by Gasteiger charge is -2.11. The highest BCUT2D eigenvalue weighted by Gasteiger charge is 2.10.